The average Bonchev–Trinajstić information content (AvgIpc) is 2.64. The van der Waals surface area contributed by atoms with E-state index in [1.165, 1.54) is 23.8 Å². The molecule has 5 nitrogen and oxygen atoms in total. The van der Waals surface area contributed by atoms with E-state index in [2.05, 4.69) is 18.2 Å². The van der Waals surface area contributed by atoms with Crippen molar-refractivity contribution in [3.05, 3.63) is 69.2 Å². The van der Waals surface area contributed by atoms with Crippen LogP contribution in [0, 0.1) is 0 Å². The molecule has 6 heteroatoms. The molecule has 0 amide bonds. The summed E-state index contributed by atoms with van der Waals surface area (Å²) in [6.45, 7) is 0. The van der Waals surface area contributed by atoms with Crippen LogP contribution in [0.15, 0.2) is 36.4 Å². The van der Waals surface area contributed by atoms with Crippen LogP contribution < -0.4 is 0 Å². The smallest absolute Gasteiger partial charge is 0.186 e. The summed E-state index contributed by atoms with van der Waals surface area (Å²) in [6.07, 6.45) is -2.83. The van der Waals surface area contributed by atoms with Crippen molar-refractivity contribution in [3.8, 4) is 0 Å². The zero-order valence-corrected chi connectivity index (χ0v) is 15.8. The van der Waals surface area contributed by atoms with Gasteiger partial charge in [0.2, 0.25) is 0 Å². The third-order valence-electron chi connectivity index (χ3n) is 5.53. The summed E-state index contributed by atoms with van der Waals surface area (Å²) in [7, 11) is 1.38. The van der Waals surface area contributed by atoms with Crippen molar-refractivity contribution in [2.24, 2.45) is 0 Å². The third-order valence-corrected chi connectivity index (χ3v) is 5.90. The van der Waals surface area contributed by atoms with E-state index in [9.17, 15) is 15.3 Å². The van der Waals surface area contributed by atoms with E-state index in [1.807, 2.05) is 6.07 Å². The van der Waals surface area contributed by atoms with Crippen molar-refractivity contribution in [3.63, 3.8) is 0 Å². The van der Waals surface area contributed by atoms with Gasteiger partial charge in [-0.3, -0.25) is 0 Å². The normalized spacial score (nSPS) is 29.9. The molecule has 1 saturated heterocycles. The summed E-state index contributed by atoms with van der Waals surface area (Å²) in [6, 6.07) is 11.9. The first-order valence-electron chi connectivity index (χ1n) is 9.09. The van der Waals surface area contributed by atoms with Gasteiger partial charge in [-0.15, -0.1) is 0 Å². The number of rotatable bonds is 4. The monoisotopic (exact) mass is 390 g/mol. The summed E-state index contributed by atoms with van der Waals surface area (Å²) >= 11 is 6.40. The second-order valence-corrected chi connectivity index (χ2v) is 7.67. The number of benzene rings is 2. The number of halogens is 1. The van der Waals surface area contributed by atoms with Crippen LogP contribution in [0.25, 0.3) is 0 Å². The van der Waals surface area contributed by atoms with Crippen molar-refractivity contribution in [1.82, 2.24) is 0 Å². The molecule has 27 heavy (non-hydrogen) atoms. The van der Waals surface area contributed by atoms with Gasteiger partial charge in [-0.05, 0) is 53.1 Å². The highest BCUT2D eigenvalue weighted by Crippen LogP contribution is 2.35. The van der Waals surface area contributed by atoms with Gasteiger partial charge in [0.05, 0.1) is 0 Å². The van der Waals surface area contributed by atoms with E-state index < -0.39 is 30.7 Å². The van der Waals surface area contributed by atoms with Crippen molar-refractivity contribution >= 4 is 11.6 Å². The Morgan fingerprint density at radius 3 is 2.44 bits per heavy atom. The number of aliphatic hydroxyl groups is 3. The highest BCUT2D eigenvalue weighted by atomic mass is 35.5. The van der Waals surface area contributed by atoms with Gasteiger partial charge in [-0.25, -0.2) is 0 Å². The van der Waals surface area contributed by atoms with Crippen LogP contribution in [0.1, 0.15) is 33.9 Å². The predicted octanol–water partition coefficient (Wildman–Crippen LogP) is 2.16. The highest BCUT2D eigenvalue weighted by molar-refractivity contribution is 6.31. The van der Waals surface area contributed by atoms with Gasteiger partial charge in [0.1, 0.15) is 24.4 Å². The summed E-state index contributed by atoms with van der Waals surface area (Å²) in [5.74, 6) is 0. The Hall–Kier alpha value is -1.47. The van der Waals surface area contributed by atoms with E-state index in [0.717, 1.165) is 18.4 Å². The fourth-order valence-electron chi connectivity index (χ4n) is 3.80. The number of hydrogen-bond acceptors (Lipinski definition) is 5. The van der Waals surface area contributed by atoms with Crippen LogP contribution in [0.5, 0.6) is 0 Å². The van der Waals surface area contributed by atoms with Crippen LogP contribution in [0.3, 0.4) is 0 Å². The van der Waals surface area contributed by atoms with E-state index in [4.69, 9.17) is 21.1 Å². The van der Waals surface area contributed by atoms with Crippen molar-refractivity contribution in [1.29, 1.82) is 0 Å². The quantitative estimate of drug-likeness (QED) is 0.745. The molecule has 0 bridgehead atoms. The molecule has 144 valence electrons. The number of aryl methyl sites for hydroxylation is 2. The first kappa shape index (κ1) is 18.9. The Labute approximate surface area is 163 Å². The van der Waals surface area contributed by atoms with E-state index in [-0.39, 0.29) is 0 Å². The van der Waals surface area contributed by atoms with Crippen LogP contribution in [-0.2, 0) is 28.7 Å². The van der Waals surface area contributed by atoms with Gasteiger partial charge < -0.3 is 24.8 Å². The maximum Gasteiger partial charge on any atom is 0.186 e. The molecule has 0 aromatic heterocycles. The minimum atomic E-state index is -1.36. The molecule has 1 aliphatic heterocycles. The topological polar surface area (TPSA) is 79.2 Å². The Morgan fingerprint density at radius 2 is 1.78 bits per heavy atom. The van der Waals surface area contributed by atoms with Crippen LogP contribution in [-0.4, -0.2) is 47.0 Å². The first-order valence-corrected chi connectivity index (χ1v) is 9.47. The summed E-state index contributed by atoms with van der Waals surface area (Å²) < 4.78 is 10.8. The standard InChI is InChI=1S/C21H23ClO5/c1-26-21-19(25)17(23)18(24)20(27-21)14-6-7-16(22)15(10-14)9-11-2-3-12-4-5-13(12)8-11/h2-3,6-8,10,17-21,23-25H,4-5,9H2,1H3/t17-,18-,19+,20+,21+/m1/s1. The minimum Gasteiger partial charge on any atom is -0.387 e. The third kappa shape index (κ3) is 3.51. The fourth-order valence-corrected chi connectivity index (χ4v) is 3.99. The molecule has 2 aromatic rings. The SMILES string of the molecule is CO[C@H]1O[C@@H](c2ccc(Cl)c(Cc3ccc4c(c3)CC4)c2)[C@H](O)[C@@H](O)[C@@H]1O. The summed E-state index contributed by atoms with van der Waals surface area (Å²) in [4.78, 5) is 0. The predicted molar refractivity (Wildman–Crippen MR) is 101 cm³/mol. The van der Waals surface area contributed by atoms with Gasteiger partial charge in [-0.2, -0.15) is 0 Å². The molecule has 2 aromatic carbocycles. The number of ether oxygens (including phenoxy) is 2. The first-order chi connectivity index (χ1) is 13.0. The number of methoxy groups -OCH3 is 1. The lowest BCUT2D eigenvalue weighted by Gasteiger charge is -2.40. The van der Waals surface area contributed by atoms with Crippen LogP contribution in [0.2, 0.25) is 5.02 Å². The Balaban J connectivity index is 1.60. The van der Waals surface area contributed by atoms with Crippen LogP contribution >= 0.6 is 11.6 Å². The molecule has 4 rings (SSSR count). The van der Waals surface area contributed by atoms with E-state index >= 15 is 0 Å². The van der Waals surface area contributed by atoms with E-state index in [1.54, 1.807) is 12.1 Å². The van der Waals surface area contributed by atoms with Gasteiger partial charge >= 0.3 is 0 Å². The zero-order valence-electron chi connectivity index (χ0n) is 15.0. The summed E-state index contributed by atoms with van der Waals surface area (Å²) in [5, 5.41) is 31.1. The second-order valence-electron chi connectivity index (χ2n) is 7.26. The molecule has 0 radical (unpaired) electrons. The van der Waals surface area contributed by atoms with Gasteiger partial charge in [-0.1, -0.05) is 41.9 Å². The lowest BCUT2D eigenvalue weighted by atomic mass is 9.86. The lowest BCUT2D eigenvalue weighted by Crippen LogP contribution is -2.54. The maximum absolute atomic E-state index is 10.4. The van der Waals surface area contributed by atoms with Crippen molar-refractivity contribution in [2.45, 2.75) is 50.0 Å². The summed E-state index contributed by atoms with van der Waals surface area (Å²) in [5.41, 5.74) is 5.59. The van der Waals surface area contributed by atoms with Crippen LogP contribution in [0.4, 0.5) is 0 Å². The molecular weight excluding hydrogens is 368 g/mol. The zero-order chi connectivity index (χ0) is 19.1. The average molecular weight is 391 g/mol. The minimum absolute atomic E-state index is 0.635. The number of aliphatic hydroxyl groups excluding tert-OH is 3. The van der Waals surface area contributed by atoms with Crippen molar-refractivity contribution < 1.29 is 24.8 Å². The second kappa shape index (κ2) is 7.51. The molecule has 1 heterocycles. The molecule has 2 aliphatic rings. The van der Waals surface area contributed by atoms with E-state index in [0.29, 0.717) is 17.0 Å². The van der Waals surface area contributed by atoms with Gasteiger partial charge in [0, 0.05) is 12.1 Å². The number of hydrogen-bond donors (Lipinski definition) is 3. The molecular formula is C21H23ClO5. The largest absolute Gasteiger partial charge is 0.387 e. The highest BCUT2D eigenvalue weighted by Gasteiger charge is 2.44. The Morgan fingerprint density at radius 1 is 1.00 bits per heavy atom. The van der Waals surface area contributed by atoms with Gasteiger partial charge in [0.15, 0.2) is 6.29 Å². The Bertz CT molecular complexity index is 837. The lowest BCUT2D eigenvalue weighted by molar-refractivity contribution is -0.292. The molecule has 3 N–H and O–H groups in total. The maximum atomic E-state index is 10.4. The molecule has 1 fully saturated rings. The molecule has 0 saturated carbocycles. The van der Waals surface area contributed by atoms with Crippen molar-refractivity contribution in [2.75, 3.05) is 7.11 Å². The Kier molecular flexibility index (Phi) is 5.25. The number of fused-ring (bicyclic) bond motifs is 1. The molecule has 0 spiro atoms. The fraction of sp³-hybridized carbons (Fsp3) is 0.429. The molecule has 1 aliphatic carbocycles. The molecule has 5 atom stereocenters. The van der Waals surface area contributed by atoms with Gasteiger partial charge in [0.25, 0.3) is 0 Å². The molecule has 0 unspecified atom stereocenters.